The molecule has 1 unspecified atom stereocenters. The first-order valence-corrected chi connectivity index (χ1v) is 6.97. The van der Waals surface area contributed by atoms with Crippen molar-refractivity contribution >= 4 is 0 Å². The van der Waals surface area contributed by atoms with Gasteiger partial charge < -0.3 is 14.8 Å². The zero-order valence-corrected chi connectivity index (χ0v) is 12.2. The molecule has 0 spiro atoms. The van der Waals surface area contributed by atoms with Crippen LogP contribution in [0.15, 0.2) is 36.4 Å². The van der Waals surface area contributed by atoms with Crippen molar-refractivity contribution in [3.8, 4) is 11.5 Å². The van der Waals surface area contributed by atoms with Crippen LogP contribution >= 0.6 is 0 Å². The van der Waals surface area contributed by atoms with E-state index in [2.05, 4.69) is 11.4 Å². The molecule has 21 heavy (non-hydrogen) atoms. The molecule has 3 rings (SSSR count). The van der Waals surface area contributed by atoms with Gasteiger partial charge in [0, 0.05) is 12.1 Å². The van der Waals surface area contributed by atoms with Crippen molar-refractivity contribution in [2.45, 2.75) is 12.5 Å². The lowest BCUT2D eigenvalue weighted by atomic mass is 9.89. The summed E-state index contributed by atoms with van der Waals surface area (Å²) in [6.45, 7) is 0.846. The molecule has 0 bridgehead atoms. The highest BCUT2D eigenvalue weighted by molar-refractivity contribution is 5.54. The van der Waals surface area contributed by atoms with Crippen LogP contribution in [-0.2, 0) is 6.42 Å². The maximum Gasteiger partial charge on any atom is 0.164 e. The Morgan fingerprint density at radius 2 is 1.81 bits per heavy atom. The Labute approximate surface area is 123 Å². The molecule has 0 amide bonds. The molecule has 0 aliphatic carbocycles. The van der Waals surface area contributed by atoms with E-state index in [0.717, 1.165) is 41.2 Å². The number of fused-ring (bicyclic) bond motifs is 1. The normalized spacial score (nSPS) is 17.2. The van der Waals surface area contributed by atoms with E-state index in [1.54, 1.807) is 14.2 Å². The lowest BCUT2D eigenvalue weighted by Gasteiger charge is -2.29. The number of halogens is 1. The highest BCUT2D eigenvalue weighted by Gasteiger charge is 2.25. The average molecular weight is 287 g/mol. The van der Waals surface area contributed by atoms with Gasteiger partial charge in [-0.1, -0.05) is 18.2 Å². The maximum absolute atomic E-state index is 13.1. The SMILES string of the molecule is COc1ccc2c(c1OC)CCNC2c1ccc(F)cc1. The number of benzene rings is 2. The number of hydrogen-bond acceptors (Lipinski definition) is 3. The second-order valence-corrected chi connectivity index (χ2v) is 5.06. The van der Waals surface area contributed by atoms with Gasteiger partial charge >= 0.3 is 0 Å². The third-order valence-corrected chi connectivity index (χ3v) is 3.92. The van der Waals surface area contributed by atoms with E-state index in [-0.39, 0.29) is 11.9 Å². The van der Waals surface area contributed by atoms with Crippen molar-refractivity contribution in [3.05, 3.63) is 58.9 Å². The van der Waals surface area contributed by atoms with Crippen LogP contribution in [0.5, 0.6) is 11.5 Å². The monoisotopic (exact) mass is 287 g/mol. The van der Waals surface area contributed by atoms with Crippen LogP contribution in [0.4, 0.5) is 4.39 Å². The standard InChI is InChI=1S/C17H18FNO2/c1-20-15-8-7-13-14(17(15)21-2)9-10-19-16(13)11-3-5-12(18)6-4-11/h3-8,16,19H,9-10H2,1-2H3. The van der Waals surface area contributed by atoms with Crippen LogP contribution in [-0.4, -0.2) is 20.8 Å². The molecule has 0 fully saturated rings. The molecular formula is C17H18FNO2. The summed E-state index contributed by atoms with van der Waals surface area (Å²) >= 11 is 0. The zero-order valence-electron chi connectivity index (χ0n) is 12.2. The van der Waals surface area contributed by atoms with Gasteiger partial charge in [0.2, 0.25) is 0 Å². The van der Waals surface area contributed by atoms with Gasteiger partial charge in [-0.2, -0.15) is 0 Å². The minimum atomic E-state index is -0.220. The van der Waals surface area contributed by atoms with Gasteiger partial charge in [0.15, 0.2) is 11.5 Å². The lowest BCUT2D eigenvalue weighted by Crippen LogP contribution is -2.31. The Morgan fingerprint density at radius 1 is 1.05 bits per heavy atom. The molecule has 1 heterocycles. The molecule has 1 atom stereocenters. The summed E-state index contributed by atoms with van der Waals surface area (Å²) in [6, 6.07) is 10.6. The van der Waals surface area contributed by atoms with Crippen LogP contribution in [0, 0.1) is 5.82 Å². The van der Waals surface area contributed by atoms with Gasteiger partial charge in [-0.3, -0.25) is 0 Å². The summed E-state index contributed by atoms with van der Waals surface area (Å²) < 4.78 is 24.0. The summed E-state index contributed by atoms with van der Waals surface area (Å²) in [7, 11) is 3.30. The van der Waals surface area contributed by atoms with E-state index < -0.39 is 0 Å². The first kappa shape index (κ1) is 13.9. The van der Waals surface area contributed by atoms with Crippen molar-refractivity contribution < 1.29 is 13.9 Å². The first-order chi connectivity index (χ1) is 10.2. The molecule has 0 radical (unpaired) electrons. The third-order valence-electron chi connectivity index (χ3n) is 3.92. The van der Waals surface area contributed by atoms with Gasteiger partial charge in [0.1, 0.15) is 5.82 Å². The molecule has 1 aliphatic heterocycles. The number of hydrogen-bond donors (Lipinski definition) is 1. The van der Waals surface area contributed by atoms with E-state index in [4.69, 9.17) is 9.47 Å². The predicted molar refractivity (Wildman–Crippen MR) is 79.5 cm³/mol. The Bertz CT molecular complexity index is 640. The highest BCUT2D eigenvalue weighted by Crippen LogP contribution is 2.39. The van der Waals surface area contributed by atoms with E-state index in [9.17, 15) is 4.39 Å². The molecule has 0 saturated carbocycles. The van der Waals surface area contributed by atoms with Crippen LogP contribution in [0.2, 0.25) is 0 Å². The summed E-state index contributed by atoms with van der Waals surface area (Å²) in [4.78, 5) is 0. The summed E-state index contributed by atoms with van der Waals surface area (Å²) in [5.74, 6) is 1.32. The Hall–Kier alpha value is -2.07. The molecule has 110 valence electrons. The minimum Gasteiger partial charge on any atom is -0.493 e. The molecule has 1 aliphatic rings. The fourth-order valence-corrected chi connectivity index (χ4v) is 2.94. The van der Waals surface area contributed by atoms with Crippen molar-refractivity contribution in [1.29, 1.82) is 0 Å². The number of nitrogens with one attached hydrogen (secondary N) is 1. The molecule has 3 nitrogen and oxygen atoms in total. The second kappa shape index (κ2) is 5.74. The van der Waals surface area contributed by atoms with E-state index >= 15 is 0 Å². The van der Waals surface area contributed by atoms with Crippen LogP contribution in [0.1, 0.15) is 22.7 Å². The van der Waals surface area contributed by atoms with E-state index in [1.165, 1.54) is 12.1 Å². The van der Waals surface area contributed by atoms with Crippen molar-refractivity contribution in [1.82, 2.24) is 5.32 Å². The topological polar surface area (TPSA) is 30.5 Å². The Kier molecular flexibility index (Phi) is 3.80. The number of ether oxygens (including phenoxy) is 2. The Balaban J connectivity index is 2.08. The first-order valence-electron chi connectivity index (χ1n) is 6.97. The van der Waals surface area contributed by atoms with Crippen LogP contribution < -0.4 is 14.8 Å². The molecule has 1 N–H and O–H groups in total. The molecule has 4 heteroatoms. The molecule has 0 saturated heterocycles. The van der Waals surface area contributed by atoms with Crippen molar-refractivity contribution in [2.24, 2.45) is 0 Å². The molecule has 0 aromatic heterocycles. The van der Waals surface area contributed by atoms with Crippen molar-refractivity contribution in [3.63, 3.8) is 0 Å². The van der Waals surface area contributed by atoms with E-state index in [0.29, 0.717) is 0 Å². The molecule has 2 aromatic carbocycles. The zero-order chi connectivity index (χ0) is 14.8. The predicted octanol–water partition coefficient (Wildman–Crippen LogP) is 3.08. The molecule has 2 aromatic rings. The van der Waals surface area contributed by atoms with Gasteiger partial charge in [-0.05, 0) is 35.7 Å². The van der Waals surface area contributed by atoms with Gasteiger partial charge in [-0.15, -0.1) is 0 Å². The smallest absolute Gasteiger partial charge is 0.164 e. The summed E-state index contributed by atoms with van der Waals surface area (Å²) in [5, 5.41) is 3.48. The fourth-order valence-electron chi connectivity index (χ4n) is 2.94. The quantitative estimate of drug-likeness (QED) is 0.941. The number of rotatable bonds is 3. The lowest BCUT2D eigenvalue weighted by molar-refractivity contribution is 0.348. The van der Waals surface area contributed by atoms with Gasteiger partial charge in [0.05, 0.1) is 20.3 Å². The maximum atomic E-state index is 13.1. The van der Waals surface area contributed by atoms with Crippen LogP contribution in [0.3, 0.4) is 0 Å². The third kappa shape index (κ3) is 2.47. The van der Waals surface area contributed by atoms with E-state index in [1.807, 2.05) is 18.2 Å². The Morgan fingerprint density at radius 3 is 2.48 bits per heavy atom. The largest absolute Gasteiger partial charge is 0.493 e. The highest BCUT2D eigenvalue weighted by atomic mass is 19.1. The van der Waals surface area contributed by atoms with Gasteiger partial charge in [-0.25, -0.2) is 4.39 Å². The minimum absolute atomic E-state index is 0.0501. The fraction of sp³-hybridized carbons (Fsp3) is 0.294. The average Bonchev–Trinajstić information content (AvgIpc) is 2.53. The summed E-state index contributed by atoms with van der Waals surface area (Å²) in [6.07, 6.45) is 0.882. The summed E-state index contributed by atoms with van der Waals surface area (Å²) in [5.41, 5.74) is 3.36. The van der Waals surface area contributed by atoms with Crippen LogP contribution in [0.25, 0.3) is 0 Å². The van der Waals surface area contributed by atoms with Gasteiger partial charge in [0.25, 0.3) is 0 Å². The van der Waals surface area contributed by atoms with Crippen molar-refractivity contribution in [2.75, 3.05) is 20.8 Å². The second-order valence-electron chi connectivity index (χ2n) is 5.06. The number of methoxy groups -OCH3 is 2. The molecular weight excluding hydrogens is 269 g/mol.